The van der Waals surface area contributed by atoms with Crippen LogP contribution >= 0.6 is 0 Å². The van der Waals surface area contributed by atoms with Gasteiger partial charge in [-0.15, -0.1) is 0 Å². The number of ether oxygens (including phenoxy) is 1. The van der Waals surface area contributed by atoms with Gasteiger partial charge in [0.1, 0.15) is 11.6 Å². The van der Waals surface area contributed by atoms with Gasteiger partial charge in [-0.25, -0.2) is 4.39 Å². The Balaban J connectivity index is 2.15. The third-order valence-corrected chi connectivity index (χ3v) is 3.50. The molecule has 0 heterocycles. The number of methoxy groups -OCH3 is 1. The maximum absolute atomic E-state index is 14.2. The van der Waals surface area contributed by atoms with Crippen molar-refractivity contribution in [2.45, 2.75) is 32.6 Å². The fourth-order valence-corrected chi connectivity index (χ4v) is 2.30. The average molecular weight is 272 g/mol. The maximum atomic E-state index is 14.2. The number of hydrogen-bond acceptors (Lipinski definition) is 1. The zero-order valence-electron chi connectivity index (χ0n) is 12.2. The third kappa shape index (κ3) is 3.60. The first-order valence-corrected chi connectivity index (χ1v) is 7.17. The fourth-order valence-electron chi connectivity index (χ4n) is 2.30. The van der Waals surface area contributed by atoms with E-state index < -0.39 is 0 Å². The van der Waals surface area contributed by atoms with Crippen LogP contribution in [0.2, 0.25) is 0 Å². The Morgan fingerprint density at radius 2 is 1.75 bits per heavy atom. The highest BCUT2D eigenvalue weighted by molar-refractivity contribution is 5.65. The maximum Gasteiger partial charge on any atom is 0.131 e. The standard InChI is InChI=1S/C18H21FO/c1-3-4-5-6-14-7-12-17(18(19)13-14)15-8-10-16(20-2)11-9-15/h7-13H,3-6H2,1-2H3. The molecule has 2 rings (SSSR count). The average Bonchev–Trinajstić information content (AvgIpc) is 2.48. The van der Waals surface area contributed by atoms with Crippen LogP contribution in [0.3, 0.4) is 0 Å². The molecule has 0 aliphatic carbocycles. The molecule has 0 spiro atoms. The highest BCUT2D eigenvalue weighted by Crippen LogP contribution is 2.26. The molecule has 2 aromatic rings. The van der Waals surface area contributed by atoms with E-state index in [2.05, 4.69) is 6.92 Å². The second-order valence-electron chi connectivity index (χ2n) is 5.00. The number of hydrogen-bond donors (Lipinski definition) is 0. The van der Waals surface area contributed by atoms with Crippen LogP contribution in [0, 0.1) is 5.82 Å². The molecule has 0 saturated carbocycles. The molecule has 0 atom stereocenters. The number of unbranched alkanes of at least 4 members (excludes halogenated alkanes) is 2. The molecule has 0 fully saturated rings. The van der Waals surface area contributed by atoms with Gasteiger partial charge in [0.15, 0.2) is 0 Å². The minimum Gasteiger partial charge on any atom is -0.497 e. The molecule has 0 bridgehead atoms. The number of aryl methyl sites for hydroxylation is 1. The van der Waals surface area contributed by atoms with Crippen molar-refractivity contribution >= 4 is 0 Å². The highest BCUT2D eigenvalue weighted by atomic mass is 19.1. The first-order valence-electron chi connectivity index (χ1n) is 7.17. The molecule has 0 radical (unpaired) electrons. The Hall–Kier alpha value is -1.83. The van der Waals surface area contributed by atoms with Gasteiger partial charge in [-0.05, 0) is 42.2 Å². The lowest BCUT2D eigenvalue weighted by Crippen LogP contribution is -1.91. The molecule has 20 heavy (non-hydrogen) atoms. The van der Waals surface area contributed by atoms with Crippen molar-refractivity contribution in [3.63, 3.8) is 0 Å². The summed E-state index contributed by atoms with van der Waals surface area (Å²) in [4.78, 5) is 0. The first kappa shape index (κ1) is 14.6. The van der Waals surface area contributed by atoms with Gasteiger partial charge in [-0.2, -0.15) is 0 Å². The summed E-state index contributed by atoms with van der Waals surface area (Å²) in [5, 5.41) is 0. The van der Waals surface area contributed by atoms with E-state index in [-0.39, 0.29) is 5.82 Å². The first-order chi connectivity index (χ1) is 9.74. The summed E-state index contributed by atoms with van der Waals surface area (Å²) >= 11 is 0. The van der Waals surface area contributed by atoms with Gasteiger partial charge in [0.05, 0.1) is 7.11 Å². The fraction of sp³-hybridized carbons (Fsp3) is 0.333. The molecule has 0 aromatic heterocycles. The third-order valence-electron chi connectivity index (χ3n) is 3.50. The largest absolute Gasteiger partial charge is 0.497 e. The van der Waals surface area contributed by atoms with Crippen LogP contribution in [0.1, 0.15) is 31.7 Å². The van der Waals surface area contributed by atoms with Crippen LogP contribution in [0.5, 0.6) is 5.75 Å². The van der Waals surface area contributed by atoms with Crippen molar-refractivity contribution in [2.24, 2.45) is 0 Å². The summed E-state index contributed by atoms with van der Waals surface area (Å²) in [5.74, 6) is 0.634. The molecule has 0 N–H and O–H groups in total. The number of benzene rings is 2. The van der Waals surface area contributed by atoms with E-state index in [1.54, 1.807) is 13.2 Å². The van der Waals surface area contributed by atoms with Gasteiger partial charge in [0.25, 0.3) is 0 Å². The van der Waals surface area contributed by atoms with Gasteiger partial charge in [-0.1, -0.05) is 44.0 Å². The van der Waals surface area contributed by atoms with Crippen molar-refractivity contribution in [1.29, 1.82) is 0 Å². The van der Waals surface area contributed by atoms with Crippen LogP contribution in [-0.2, 0) is 6.42 Å². The number of halogens is 1. The molecular weight excluding hydrogens is 251 g/mol. The smallest absolute Gasteiger partial charge is 0.131 e. The van der Waals surface area contributed by atoms with Crippen molar-refractivity contribution in [3.8, 4) is 16.9 Å². The second-order valence-corrected chi connectivity index (χ2v) is 5.00. The summed E-state index contributed by atoms with van der Waals surface area (Å²) in [6, 6.07) is 13.0. The molecule has 2 aromatic carbocycles. The van der Waals surface area contributed by atoms with E-state index in [9.17, 15) is 4.39 Å². The minimum atomic E-state index is -0.149. The summed E-state index contributed by atoms with van der Waals surface area (Å²) in [5.41, 5.74) is 2.60. The predicted octanol–water partition coefficient (Wildman–Crippen LogP) is 5.23. The lowest BCUT2D eigenvalue weighted by molar-refractivity contribution is 0.415. The summed E-state index contributed by atoms with van der Waals surface area (Å²) in [7, 11) is 1.63. The van der Waals surface area contributed by atoms with Gasteiger partial charge >= 0.3 is 0 Å². The lowest BCUT2D eigenvalue weighted by Gasteiger charge is -2.07. The van der Waals surface area contributed by atoms with E-state index in [1.807, 2.05) is 36.4 Å². The van der Waals surface area contributed by atoms with Crippen LogP contribution in [-0.4, -0.2) is 7.11 Å². The molecule has 2 heteroatoms. The molecule has 0 aliphatic heterocycles. The molecular formula is C18H21FO. The molecule has 0 saturated heterocycles. The Labute approximate surface area is 120 Å². The van der Waals surface area contributed by atoms with Crippen LogP contribution in [0.4, 0.5) is 4.39 Å². The Bertz CT molecular complexity index is 546. The van der Waals surface area contributed by atoms with Gasteiger partial charge in [0.2, 0.25) is 0 Å². The van der Waals surface area contributed by atoms with E-state index in [0.29, 0.717) is 5.56 Å². The quantitative estimate of drug-likeness (QED) is 0.654. The molecule has 0 aliphatic rings. The van der Waals surface area contributed by atoms with Crippen molar-refractivity contribution < 1.29 is 9.13 Å². The summed E-state index contributed by atoms with van der Waals surface area (Å²) < 4.78 is 19.3. The zero-order chi connectivity index (χ0) is 14.4. The zero-order valence-corrected chi connectivity index (χ0v) is 12.2. The molecule has 0 amide bonds. The van der Waals surface area contributed by atoms with Crippen molar-refractivity contribution in [2.75, 3.05) is 7.11 Å². The summed E-state index contributed by atoms with van der Waals surface area (Å²) in [6.07, 6.45) is 4.46. The van der Waals surface area contributed by atoms with E-state index in [0.717, 1.165) is 29.7 Å². The van der Waals surface area contributed by atoms with E-state index >= 15 is 0 Å². The Morgan fingerprint density at radius 3 is 2.35 bits per heavy atom. The van der Waals surface area contributed by atoms with Crippen molar-refractivity contribution in [1.82, 2.24) is 0 Å². The molecule has 1 nitrogen and oxygen atoms in total. The lowest BCUT2D eigenvalue weighted by atomic mass is 10.0. The predicted molar refractivity (Wildman–Crippen MR) is 81.6 cm³/mol. The second kappa shape index (κ2) is 7.09. The topological polar surface area (TPSA) is 9.23 Å². The Kier molecular flexibility index (Phi) is 5.16. The molecule has 0 unspecified atom stereocenters. The SMILES string of the molecule is CCCCCc1ccc(-c2ccc(OC)cc2)c(F)c1. The summed E-state index contributed by atoms with van der Waals surface area (Å²) in [6.45, 7) is 2.17. The minimum absolute atomic E-state index is 0.149. The van der Waals surface area contributed by atoms with Crippen LogP contribution < -0.4 is 4.74 Å². The van der Waals surface area contributed by atoms with Crippen molar-refractivity contribution in [3.05, 3.63) is 53.8 Å². The van der Waals surface area contributed by atoms with Gasteiger partial charge < -0.3 is 4.74 Å². The highest BCUT2D eigenvalue weighted by Gasteiger charge is 2.06. The monoisotopic (exact) mass is 272 g/mol. The normalized spacial score (nSPS) is 10.6. The van der Waals surface area contributed by atoms with Crippen LogP contribution in [0.15, 0.2) is 42.5 Å². The van der Waals surface area contributed by atoms with Crippen LogP contribution in [0.25, 0.3) is 11.1 Å². The van der Waals surface area contributed by atoms with E-state index in [1.165, 1.54) is 12.8 Å². The molecule has 106 valence electrons. The van der Waals surface area contributed by atoms with Gasteiger partial charge in [0, 0.05) is 5.56 Å². The Morgan fingerprint density at radius 1 is 1.00 bits per heavy atom. The van der Waals surface area contributed by atoms with Gasteiger partial charge in [-0.3, -0.25) is 0 Å². The van der Waals surface area contributed by atoms with E-state index in [4.69, 9.17) is 4.74 Å². The number of rotatable bonds is 6.